The molecule has 1 heterocycles. The summed E-state index contributed by atoms with van der Waals surface area (Å²) < 4.78 is 26.9. The fourth-order valence-corrected chi connectivity index (χ4v) is 2.96. The molecule has 1 aromatic carbocycles. The summed E-state index contributed by atoms with van der Waals surface area (Å²) in [6.07, 6.45) is 3.04. The maximum atomic E-state index is 12.2. The zero-order valence-corrected chi connectivity index (χ0v) is 11.2. The maximum absolute atomic E-state index is 12.2. The number of hydrogen-bond acceptors (Lipinski definition) is 4. The normalized spacial score (nSPS) is 11.7. The van der Waals surface area contributed by atoms with E-state index < -0.39 is 10.0 Å². The molecule has 2 rings (SSSR count). The molecule has 0 aliphatic carbocycles. The molecule has 3 N–H and O–H groups in total. The second kappa shape index (κ2) is 5.52. The number of nitrogens with zero attached hydrogens (tertiary/aromatic N) is 1. The maximum Gasteiger partial charge on any atom is 0.241 e. The van der Waals surface area contributed by atoms with Gasteiger partial charge in [0.15, 0.2) is 0 Å². The van der Waals surface area contributed by atoms with Crippen molar-refractivity contribution in [3.05, 3.63) is 47.5 Å². The van der Waals surface area contributed by atoms with Crippen molar-refractivity contribution in [1.29, 1.82) is 0 Å². The first-order valence-corrected chi connectivity index (χ1v) is 7.18. The minimum absolute atomic E-state index is 0.144. The number of aliphatic hydroxyl groups excluding tert-OH is 1. The summed E-state index contributed by atoms with van der Waals surface area (Å²) in [5, 5.41) is 9.07. The zero-order valence-electron chi connectivity index (χ0n) is 10.4. The van der Waals surface area contributed by atoms with Crippen molar-refractivity contribution in [2.75, 3.05) is 0 Å². The van der Waals surface area contributed by atoms with Crippen LogP contribution in [0.2, 0.25) is 0 Å². The molecule has 2 aromatic rings. The molecule has 0 amide bonds. The van der Waals surface area contributed by atoms with Gasteiger partial charge in [0.05, 0.1) is 24.4 Å². The molecule has 19 heavy (non-hydrogen) atoms. The quantitative estimate of drug-likeness (QED) is 0.751. The highest BCUT2D eigenvalue weighted by Crippen LogP contribution is 2.17. The fraction of sp³-hybridized carbons (Fsp3) is 0.250. The van der Waals surface area contributed by atoms with E-state index in [1.807, 2.05) is 0 Å². The van der Waals surface area contributed by atoms with E-state index in [4.69, 9.17) is 5.11 Å². The summed E-state index contributed by atoms with van der Waals surface area (Å²) in [6.45, 7) is 1.67. The number of benzene rings is 1. The number of nitrogens with one attached hydrogen (secondary N) is 2. The number of sulfonamides is 1. The second-order valence-electron chi connectivity index (χ2n) is 4.16. The molecule has 0 saturated carbocycles. The van der Waals surface area contributed by atoms with Gasteiger partial charge in [-0.25, -0.2) is 18.1 Å². The second-order valence-corrected chi connectivity index (χ2v) is 5.89. The van der Waals surface area contributed by atoms with E-state index >= 15 is 0 Å². The van der Waals surface area contributed by atoms with Gasteiger partial charge in [0.2, 0.25) is 10.0 Å². The number of aryl methyl sites for hydroxylation is 1. The molecular weight excluding hydrogens is 266 g/mol. The molecule has 7 heteroatoms. The Hall–Kier alpha value is -1.70. The molecule has 0 unspecified atom stereocenters. The molecule has 0 saturated heterocycles. The Balaban J connectivity index is 2.23. The number of H-pyrrole nitrogens is 1. The highest BCUT2D eigenvalue weighted by atomic mass is 32.2. The van der Waals surface area contributed by atoms with Gasteiger partial charge < -0.3 is 10.1 Å². The van der Waals surface area contributed by atoms with E-state index in [2.05, 4.69) is 14.7 Å². The molecule has 6 nitrogen and oxygen atoms in total. The third-order valence-electron chi connectivity index (χ3n) is 2.73. The predicted octanol–water partition coefficient (Wildman–Crippen LogP) is 0.689. The van der Waals surface area contributed by atoms with Gasteiger partial charge in [-0.1, -0.05) is 12.1 Å². The minimum Gasteiger partial charge on any atom is -0.392 e. The Kier molecular flexibility index (Phi) is 3.98. The Bertz CT molecular complexity index is 651. The van der Waals surface area contributed by atoms with E-state index in [9.17, 15) is 8.42 Å². The number of aliphatic hydroxyl groups is 1. The van der Waals surface area contributed by atoms with Gasteiger partial charge in [0.1, 0.15) is 0 Å². The van der Waals surface area contributed by atoms with Crippen molar-refractivity contribution in [2.24, 2.45) is 0 Å². The van der Waals surface area contributed by atoms with Crippen LogP contribution in [0.25, 0.3) is 0 Å². The lowest BCUT2D eigenvalue weighted by molar-refractivity contribution is 0.281. The van der Waals surface area contributed by atoms with Crippen LogP contribution < -0.4 is 4.72 Å². The summed E-state index contributed by atoms with van der Waals surface area (Å²) in [5.74, 6) is 0. The molecule has 0 atom stereocenters. The van der Waals surface area contributed by atoms with Gasteiger partial charge in [0.25, 0.3) is 0 Å². The monoisotopic (exact) mass is 281 g/mol. The lowest BCUT2D eigenvalue weighted by atomic mass is 10.2. The van der Waals surface area contributed by atoms with Crippen molar-refractivity contribution in [1.82, 2.24) is 14.7 Å². The standard InChI is InChI=1S/C12H15N3O3S/c1-9-2-3-10(7-16)4-12(9)19(17,18)15-6-11-5-13-8-14-11/h2-5,8,15-16H,6-7H2,1H3,(H,13,14). The van der Waals surface area contributed by atoms with E-state index in [0.29, 0.717) is 16.8 Å². The molecule has 1 aromatic heterocycles. The average Bonchev–Trinajstić information content (AvgIpc) is 2.90. The zero-order chi connectivity index (χ0) is 13.9. The van der Waals surface area contributed by atoms with Crippen LogP contribution in [0, 0.1) is 6.92 Å². The third kappa shape index (κ3) is 3.19. The Labute approximate surface area is 111 Å². The molecule has 0 bridgehead atoms. The summed E-state index contributed by atoms with van der Waals surface area (Å²) in [5.41, 5.74) is 1.88. The van der Waals surface area contributed by atoms with Crippen LogP contribution in [-0.4, -0.2) is 23.5 Å². The first kappa shape index (κ1) is 13.7. The molecule has 0 fully saturated rings. The van der Waals surface area contributed by atoms with Gasteiger partial charge in [-0.2, -0.15) is 0 Å². The predicted molar refractivity (Wildman–Crippen MR) is 69.7 cm³/mol. The van der Waals surface area contributed by atoms with Crippen LogP contribution >= 0.6 is 0 Å². The number of rotatable bonds is 5. The minimum atomic E-state index is -3.61. The Morgan fingerprint density at radius 2 is 2.21 bits per heavy atom. The largest absolute Gasteiger partial charge is 0.392 e. The van der Waals surface area contributed by atoms with Gasteiger partial charge >= 0.3 is 0 Å². The van der Waals surface area contributed by atoms with Gasteiger partial charge in [0, 0.05) is 11.9 Å². The SMILES string of the molecule is Cc1ccc(CO)cc1S(=O)(=O)NCc1cnc[nH]1. The third-order valence-corrected chi connectivity index (χ3v) is 4.28. The molecule has 0 spiro atoms. The highest BCUT2D eigenvalue weighted by molar-refractivity contribution is 7.89. The van der Waals surface area contributed by atoms with Crippen LogP contribution in [0.15, 0.2) is 35.6 Å². The smallest absolute Gasteiger partial charge is 0.241 e. The number of imidazole rings is 1. The van der Waals surface area contributed by atoms with Crippen LogP contribution in [0.4, 0.5) is 0 Å². The van der Waals surface area contributed by atoms with Gasteiger partial charge in [-0.05, 0) is 24.1 Å². The van der Waals surface area contributed by atoms with Crippen LogP contribution in [0.3, 0.4) is 0 Å². The summed E-state index contributed by atoms with van der Waals surface area (Å²) in [4.78, 5) is 6.82. The first-order chi connectivity index (χ1) is 9.03. The van der Waals surface area contributed by atoms with Crippen molar-refractivity contribution in [3.63, 3.8) is 0 Å². The molecule has 0 radical (unpaired) electrons. The number of aromatic amines is 1. The van der Waals surface area contributed by atoms with Crippen LogP contribution in [0.5, 0.6) is 0 Å². The van der Waals surface area contributed by atoms with E-state index in [-0.39, 0.29) is 18.0 Å². The van der Waals surface area contributed by atoms with E-state index in [1.165, 1.54) is 12.4 Å². The molecule has 0 aliphatic heterocycles. The summed E-state index contributed by atoms with van der Waals surface area (Å²) in [6, 6.07) is 4.85. The Morgan fingerprint density at radius 1 is 1.42 bits per heavy atom. The number of aromatic nitrogens is 2. The molecule has 102 valence electrons. The lowest BCUT2D eigenvalue weighted by Crippen LogP contribution is -2.24. The molecule has 0 aliphatic rings. The highest BCUT2D eigenvalue weighted by Gasteiger charge is 2.17. The first-order valence-electron chi connectivity index (χ1n) is 5.70. The van der Waals surface area contributed by atoms with Crippen molar-refractivity contribution < 1.29 is 13.5 Å². The summed E-state index contributed by atoms with van der Waals surface area (Å²) >= 11 is 0. The van der Waals surface area contributed by atoms with Gasteiger partial charge in [-0.15, -0.1) is 0 Å². The van der Waals surface area contributed by atoms with Crippen molar-refractivity contribution >= 4 is 10.0 Å². The lowest BCUT2D eigenvalue weighted by Gasteiger charge is -2.10. The average molecular weight is 281 g/mol. The van der Waals surface area contributed by atoms with Crippen LogP contribution in [-0.2, 0) is 23.2 Å². The van der Waals surface area contributed by atoms with E-state index in [1.54, 1.807) is 25.3 Å². The Morgan fingerprint density at radius 3 is 2.84 bits per heavy atom. The topological polar surface area (TPSA) is 95.1 Å². The van der Waals surface area contributed by atoms with Crippen LogP contribution in [0.1, 0.15) is 16.8 Å². The van der Waals surface area contributed by atoms with Gasteiger partial charge in [-0.3, -0.25) is 0 Å². The van der Waals surface area contributed by atoms with Crippen molar-refractivity contribution in [3.8, 4) is 0 Å². The van der Waals surface area contributed by atoms with E-state index in [0.717, 1.165) is 0 Å². The van der Waals surface area contributed by atoms with Crippen molar-refractivity contribution in [2.45, 2.75) is 25.0 Å². The fourth-order valence-electron chi connectivity index (χ4n) is 1.66. The number of hydrogen-bond donors (Lipinski definition) is 3. The molecular formula is C12H15N3O3S. The summed E-state index contributed by atoms with van der Waals surface area (Å²) in [7, 11) is -3.61.